The summed E-state index contributed by atoms with van der Waals surface area (Å²) in [6, 6.07) is 1.83. The van der Waals surface area contributed by atoms with E-state index in [-0.39, 0.29) is 0 Å². The first-order valence-corrected chi connectivity index (χ1v) is 6.87. The molecule has 0 saturated carbocycles. The number of rotatable bonds is 7. The van der Waals surface area contributed by atoms with E-state index < -0.39 is 0 Å². The molecule has 1 aromatic heterocycles. The van der Waals surface area contributed by atoms with E-state index in [4.69, 9.17) is 9.47 Å². The molecule has 1 aliphatic rings. The van der Waals surface area contributed by atoms with Crippen molar-refractivity contribution in [2.75, 3.05) is 51.3 Å². The lowest BCUT2D eigenvalue weighted by atomic mass is 10.3. The Morgan fingerprint density at radius 2 is 2.21 bits per heavy atom. The predicted molar refractivity (Wildman–Crippen MR) is 73.6 cm³/mol. The second kappa shape index (κ2) is 7.91. The van der Waals surface area contributed by atoms with E-state index in [1.807, 2.05) is 13.0 Å². The summed E-state index contributed by atoms with van der Waals surface area (Å²) in [6.45, 7) is 8.36. The van der Waals surface area contributed by atoms with Crippen molar-refractivity contribution >= 4 is 5.82 Å². The first kappa shape index (κ1) is 14.0. The van der Waals surface area contributed by atoms with Crippen LogP contribution in [0.4, 0.5) is 5.82 Å². The second-order valence-corrected chi connectivity index (χ2v) is 4.41. The zero-order valence-electron chi connectivity index (χ0n) is 11.5. The number of anilines is 1. The molecule has 1 fully saturated rings. The quantitative estimate of drug-likeness (QED) is 0.743. The monoisotopic (exact) mass is 266 g/mol. The predicted octanol–water partition coefficient (Wildman–Crippen LogP) is 1.01. The third kappa shape index (κ3) is 5.00. The van der Waals surface area contributed by atoms with Gasteiger partial charge in [-0.1, -0.05) is 0 Å². The van der Waals surface area contributed by atoms with Crippen LogP contribution in [0, 0.1) is 0 Å². The normalized spacial score (nSPS) is 16.3. The van der Waals surface area contributed by atoms with Gasteiger partial charge in [-0.05, 0) is 19.9 Å². The maximum atomic E-state index is 5.33. The SMILES string of the molecule is CCOc1cc(NCCCN2CCOCC2)ncn1. The number of morpholine rings is 1. The van der Waals surface area contributed by atoms with E-state index in [9.17, 15) is 0 Å². The lowest BCUT2D eigenvalue weighted by Crippen LogP contribution is -2.37. The van der Waals surface area contributed by atoms with Crippen LogP contribution in [0.25, 0.3) is 0 Å². The maximum absolute atomic E-state index is 5.33. The fourth-order valence-electron chi connectivity index (χ4n) is 2.01. The van der Waals surface area contributed by atoms with Crippen molar-refractivity contribution in [3.8, 4) is 5.88 Å². The number of nitrogens with one attached hydrogen (secondary N) is 1. The number of nitrogens with zero attached hydrogens (tertiary/aromatic N) is 3. The van der Waals surface area contributed by atoms with Gasteiger partial charge in [0.2, 0.25) is 5.88 Å². The Balaban J connectivity index is 1.65. The molecule has 106 valence electrons. The van der Waals surface area contributed by atoms with Crippen LogP contribution in [0.3, 0.4) is 0 Å². The molecule has 0 amide bonds. The Bertz CT molecular complexity index is 369. The summed E-state index contributed by atoms with van der Waals surface area (Å²) in [5, 5.41) is 3.29. The van der Waals surface area contributed by atoms with E-state index in [2.05, 4.69) is 20.2 Å². The number of aromatic nitrogens is 2. The highest BCUT2D eigenvalue weighted by Gasteiger charge is 2.09. The highest BCUT2D eigenvalue weighted by molar-refractivity contribution is 5.36. The molecule has 1 N–H and O–H groups in total. The molecular weight excluding hydrogens is 244 g/mol. The third-order valence-electron chi connectivity index (χ3n) is 3.00. The van der Waals surface area contributed by atoms with Crippen LogP contribution in [0.5, 0.6) is 5.88 Å². The number of hydrogen-bond donors (Lipinski definition) is 1. The molecule has 0 aromatic carbocycles. The molecule has 0 radical (unpaired) electrons. The average molecular weight is 266 g/mol. The van der Waals surface area contributed by atoms with Crippen LogP contribution < -0.4 is 10.1 Å². The van der Waals surface area contributed by atoms with Crippen molar-refractivity contribution < 1.29 is 9.47 Å². The van der Waals surface area contributed by atoms with Gasteiger partial charge >= 0.3 is 0 Å². The van der Waals surface area contributed by atoms with Crippen LogP contribution >= 0.6 is 0 Å². The van der Waals surface area contributed by atoms with E-state index in [1.165, 1.54) is 6.33 Å². The summed E-state index contributed by atoms with van der Waals surface area (Å²) < 4.78 is 10.7. The summed E-state index contributed by atoms with van der Waals surface area (Å²) in [4.78, 5) is 10.6. The van der Waals surface area contributed by atoms with Crippen LogP contribution in [0.2, 0.25) is 0 Å². The molecule has 0 unspecified atom stereocenters. The highest BCUT2D eigenvalue weighted by Crippen LogP contribution is 2.10. The summed E-state index contributed by atoms with van der Waals surface area (Å²) in [5.41, 5.74) is 0. The van der Waals surface area contributed by atoms with Gasteiger partial charge in [-0.15, -0.1) is 0 Å². The van der Waals surface area contributed by atoms with Gasteiger partial charge in [0.1, 0.15) is 12.1 Å². The smallest absolute Gasteiger partial charge is 0.218 e. The minimum atomic E-state index is 0.619. The topological polar surface area (TPSA) is 59.5 Å². The molecule has 2 heterocycles. The second-order valence-electron chi connectivity index (χ2n) is 4.41. The largest absolute Gasteiger partial charge is 0.478 e. The Labute approximate surface area is 114 Å². The van der Waals surface area contributed by atoms with E-state index in [0.717, 1.165) is 51.6 Å². The van der Waals surface area contributed by atoms with Gasteiger partial charge < -0.3 is 14.8 Å². The Morgan fingerprint density at radius 3 is 3.00 bits per heavy atom. The number of hydrogen-bond acceptors (Lipinski definition) is 6. The Kier molecular flexibility index (Phi) is 5.84. The minimum absolute atomic E-state index is 0.619. The van der Waals surface area contributed by atoms with Gasteiger partial charge in [-0.25, -0.2) is 9.97 Å². The molecular formula is C13H22N4O2. The van der Waals surface area contributed by atoms with Crippen molar-refractivity contribution in [1.82, 2.24) is 14.9 Å². The molecule has 19 heavy (non-hydrogen) atoms. The van der Waals surface area contributed by atoms with Gasteiger partial charge in [0.05, 0.1) is 19.8 Å². The van der Waals surface area contributed by atoms with Crippen LogP contribution in [0.15, 0.2) is 12.4 Å². The van der Waals surface area contributed by atoms with E-state index in [1.54, 1.807) is 0 Å². The van der Waals surface area contributed by atoms with E-state index >= 15 is 0 Å². The molecule has 0 bridgehead atoms. The molecule has 0 spiro atoms. The zero-order chi connectivity index (χ0) is 13.3. The minimum Gasteiger partial charge on any atom is -0.478 e. The molecule has 1 aliphatic heterocycles. The summed E-state index contributed by atoms with van der Waals surface area (Å²) in [5.74, 6) is 1.44. The summed E-state index contributed by atoms with van der Waals surface area (Å²) >= 11 is 0. The molecule has 1 saturated heterocycles. The molecule has 6 nitrogen and oxygen atoms in total. The van der Waals surface area contributed by atoms with Gasteiger partial charge in [0.15, 0.2) is 0 Å². The highest BCUT2D eigenvalue weighted by atomic mass is 16.5. The fraction of sp³-hybridized carbons (Fsp3) is 0.692. The molecule has 6 heteroatoms. The summed E-state index contributed by atoms with van der Waals surface area (Å²) in [6.07, 6.45) is 2.61. The number of ether oxygens (including phenoxy) is 2. The van der Waals surface area contributed by atoms with Gasteiger partial charge in [-0.3, -0.25) is 4.90 Å². The van der Waals surface area contributed by atoms with Crippen LogP contribution in [-0.2, 0) is 4.74 Å². The van der Waals surface area contributed by atoms with Gasteiger partial charge in [-0.2, -0.15) is 0 Å². The first-order valence-electron chi connectivity index (χ1n) is 6.87. The molecule has 0 atom stereocenters. The fourth-order valence-corrected chi connectivity index (χ4v) is 2.01. The van der Waals surface area contributed by atoms with Gasteiger partial charge in [0.25, 0.3) is 0 Å². The van der Waals surface area contributed by atoms with Crippen molar-refractivity contribution in [2.24, 2.45) is 0 Å². The van der Waals surface area contributed by atoms with Crippen LogP contribution in [-0.4, -0.2) is 60.9 Å². The Morgan fingerprint density at radius 1 is 1.37 bits per heavy atom. The summed E-state index contributed by atoms with van der Waals surface area (Å²) in [7, 11) is 0. The lowest BCUT2D eigenvalue weighted by Gasteiger charge is -2.26. The standard InChI is InChI=1S/C13H22N4O2/c1-2-19-13-10-12(15-11-16-13)14-4-3-5-17-6-8-18-9-7-17/h10-11H,2-9H2,1H3,(H,14,15,16). The molecule has 1 aromatic rings. The van der Waals surface area contributed by atoms with Gasteiger partial charge in [0, 0.05) is 25.7 Å². The molecule has 2 rings (SSSR count). The Hall–Kier alpha value is -1.40. The molecule has 0 aliphatic carbocycles. The van der Waals surface area contributed by atoms with Crippen LogP contribution in [0.1, 0.15) is 13.3 Å². The zero-order valence-corrected chi connectivity index (χ0v) is 11.5. The lowest BCUT2D eigenvalue weighted by molar-refractivity contribution is 0.0378. The first-order chi connectivity index (χ1) is 9.38. The van der Waals surface area contributed by atoms with Crippen molar-refractivity contribution in [3.05, 3.63) is 12.4 Å². The average Bonchev–Trinajstić information content (AvgIpc) is 2.46. The van der Waals surface area contributed by atoms with Crippen molar-refractivity contribution in [2.45, 2.75) is 13.3 Å². The maximum Gasteiger partial charge on any atom is 0.218 e. The van der Waals surface area contributed by atoms with Crippen molar-refractivity contribution in [1.29, 1.82) is 0 Å². The third-order valence-corrected chi connectivity index (χ3v) is 3.00. The van der Waals surface area contributed by atoms with Crippen molar-refractivity contribution in [3.63, 3.8) is 0 Å². The van der Waals surface area contributed by atoms with E-state index in [0.29, 0.717) is 12.5 Å².